The Bertz CT molecular complexity index is 865. The van der Waals surface area contributed by atoms with Crippen LogP contribution >= 0.6 is 11.6 Å². The van der Waals surface area contributed by atoms with E-state index < -0.39 is 23.4 Å². The predicted molar refractivity (Wildman–Crippen MR) is 98.9 cm³/mol. The van der Waals surface area contributed by atoms with E-state index in [1.165, 1.54) is 0 Å². The second kappa shape index (κ2) is 6.80. The van der Waals surface area contributed by atoms with Crippen molar-refractivity contribution in [2.75, 3.05) is 11.9 Å². The normalized spacial score (nSPS) is 19.4. The number of amides is 4. The summed E-state index contributed by atoms with van der Waals surface area (Å²) in [5.41, 5.74) is 1.06. The van der Waals surface area contributed by atoms with E-state index in [1.54, 1.807) is 43.3 Å². The maximum atomic E-state index is 12.8. The molecule has 6 nitrogen and oxygen atoms in total. The fourth-order valence-electron chi connectivity index (χ4n) is 2.80. The summed E-state index contributed by atoms with van der Waals surface area (Å²) in [6.45, 7) is 3.21. The van der Waals surface area contributed by atoms with Gasteiger partial charge in [0.15, 0.2) is 0 Å². The van der Waals surface area contributed by atoms with E-state index in [0.29, 0.717) is 16.3 Å². The van der Waals surface area contributed by atoms with Crippen LogP contribution in [0.1, 0.15) is 18.1 Å². The number of imide groups is 1. The molecule has 2 aromatic carbocycles. The molecule has 1 fully saturated rings. The van der Waals surface area contributed by atoms with Gasteiger partial charge in [0.05, 0.1) is 0 Å². The Labute approximate surface area is 156 Å². The molecule has 2 N–H and O–H groups in total. The number of rotatable bonds is 4. The average molecular weight is 372 g/mol. The van der Waals surface area contributed by atoms with Gasteiger partial charge in [-0.15, -0.1) is 0 Å². The highest BCUT2D eigenvalue weighted by molar-refractivity contribution is 6.30. The van der Waals surface area contributed by atoms with Gasteiger partial charge in [0.1, 0.15) is 12.1 Å². The third-order valence-corrected chi connectivity index (χ3v) is 4.59. The van der Waals surface area contributed by atoms with Crippen molar-refractivity contribution < 1.29 is 14.4 Å². The third-order valence-electron chi connectivity index (χ3n) is 4.33. The molecule has 0 aromatic heterocycles. The largest absolute Gasteiger partial charge is 0.325 e. The molecule has 26 heavy (non-hydrogen) atoms. The second-order valence-corrected chi connectivity index (χ2v) is 6.80. The minimum atomic E-state index is -1.19. The smallest absolute Gasteiger partial charge is 0.325 e. The number of anilines is 1. The van der Waals surface area contributed by atoms with Gasteiger partial charge in [0, 0.05) is 10.7 Å². The summed E-state index contributed by atoms with van der Waals surface area (Å²) in [5, 5.41) is 5.87. The number of aryl methyl sites for hydroxylation is 1. The summed E-state index contributed by atoms with van der Waals surface area (Å²) in [5.74, 6) is -0.929. The maximum absolute atomic E-state index is 12.8. The number of carbonyl (C=O) groups excluding carboxylic acids is 3. The lowest BCUT2D eigenvalue weighted by molar-refractivity contribution is -0.133. The van der Waals surface area contributed by atoms with Gasteiger partial charge in [-0.2, -0.15) is 0 Å². The number of carbonyl (C=O) groups is 3. The Morgan fingerprint density at radius 1 is 1.12 bits per heavy atom. The maximum Gasteiger partial charge on any atom is 0.325 e. The number of hydrogen-bond acceptors (Lipinski definition) is 3. The van der Waals surface area contributed by atoms with Gasteiger partial charge in [-0.3, -0.25) is 14.5 Å². The van der Waals surface area contributed by atoms with Crippen molar-refractivity contribution >= 4 is 35.1 Å². The zero-order chi connectivity index (χ0) is 18.9. The summed E-state index contributed by atoms with van der Waals surface area (Å²) in [6.07, 6.45) is 0. The Morgan fingerprint density at radius 3 is 2.35 bits per heavy atom. The minimum absolute atomic E-state index is 0.366. The van der Waals surface area contributed by atoms with Crippen LogP contribution in [0.25, 0.3) is 0 Å². The van der Waals surface area contributed by atoms with Crippen molar-refractivity contribution in [2.45, 2.75) is 19.4 Å². The fraction of sp³-hybridized carbons (Fsp3) is 0.211. The number of nitrogens with zero attached hydrogens (tertiary/aromatic N) is 1. The topological polar surface area (TPSA) is 78.5 Å². The number of hydrogen-bond donors (Lipinski definition) is 2. The molecule has 1 heterocycles. The molecule has 0 bridgehead atoms. The molecular weight excluding hydrogens is 354 g/mol. The molecule has 3 rings (SSSR count). The quantitative estimate of drug-likeness (QED) is 0.811. The highest BCUT2D eigenvalue weighted by Crippen LogP contribution is 2.29. The minimum Gasteiger partial charge on any atom is -0.325 e. The van der Waals surface area contributed by atoms with Crippen LogP contribution < -0.4 is 10.6 Å². The van der Waals surface area contributed by atoms with Gasteiger partial charge >= 0.3 is 6.03 Å². The van der Waals surface area contributed by atoms with Crippen LogP contribution in [0.5, 0.6) is 0 Å². The molecule has 1 aliphatic heterocycles. The standard InChI is InChI=1S/C19H18ClN3O3/c1-12-3-5-13(6-4-12)19(2)17(25)23(18(26)22-19)11-16(24)21-15-9-7-14(20)8-10-15/h3-10H,11H2,1-2H3,(H,21,24)(H,22,26)/t19-/m1/s1. The molecular formula is C19H18ClN3O3. The van der Waals surface area contributed by atoms with Gasteiger partial charge in [-0.25, -0.2) is 4.79 Å². The van der Waals surface area contributed by atoms with E-state index in [4.69, 9.17) is 11.6 Å². The molecule has 0 unspecified atom stereocenters. The van der Waals surface area contributed by atoms with Crippen LogP contribution in [0, 0.1) is 6.92 Å². The monoisotopic (exact) mass is 371 g/mol. The van der Waals surface area contributed by atoms with Gasteiger partial charge in [-0.05, 0) is 43.7 Å². The van der Waals surface area contributed by atoms with Crippen molar-refractivity contribution in [3.05, 3.63) is 64.7 Å². The summed E-state index contributed by atoms with van der Waals surface area (Å²) in [4.78, 5) is 38.2. The van der Waals surface area contributed by atoms with E-state index in [0.717, 1.165) is 10.5 Å². The first kappa shape index (κ1) is 17.9. The SMILES string of the molecule is Cc1ccc([C@@]2(C)NC(=O)N(CC(=O)Nc3ccc(Cl)cc3)C2=O)cc1. The van der Waals surface area contributed by atoms with Gasteiger partial charge in [0.25, 0.3) is 5.91 Å². The third kappa shape index (κ3) is 3.41. The van der Waals surface area contributed by atoms with E-state index in [-0.39, 0.29) is 6.54 Å². The molecule has 0 aliphatic carbocycles. The Hall–Kier alpha value is -2.86. The van der Waals surface area contributed by atoms with Crippen molar-refractivity contribution in [3.8, 4) is 0 Å². The van der Waals surface area contributed by atoms with Crippen LogP contribution in [-0.2, 0) is 15.1 Å². The predicted octanol–water partition coefficient (Wildman–Crippen LogP) is 3.05. The number of halogens is 1. The van der Waals surface area contributed by atoms with Crippen molar-refractivity contribution in [3.63, 3.8) is 0 Å². The van der Waals surface area contributed by atoms with Crippen LogP contribution in [0.2, 0.25) is 5.02 Å². The first-order valence-corrected chi connectivity index (χ1v) is 8.44. The molecule has 0 radical (unpaired) electrons. The highest BCUT2D eigenvalue weighted by atomic mass is 35.5. The molecule has 134 valence electrons. The molecule has 2 aromatic rings. The van der Waals surface area contributed by atoms with Crippen LogP contribution in [-0.4, -0.2) is 29.3 Å². The second-order valence-electron chi connectivity index (χ2n) is 6.37. The van der Waals surface area contributed by atoms with Gasteiger partial charge < -0.3 is 10.6 Å². The van der Waals surface area contributed by atoms with Gasteiger partial charge in [0.2, 0.25) is 5.91 Å². The fourth-order valence-corrected chi connectivity index (χ4v) is 2.93. The number of urea groups is 1. The molecule has 1 atom stereocenters. The lowest BCUT2D eigenvalue weighted by Crippen LogP contribution is -2.42. The molecule has 7 heteroatoms. The molecule has 4 amide bonds. The average Bonchev–Trinajstić information content (AvgIpc) is 2.82. The van der Waals surface area contributed by atoms with Gasteiger partial charge in [-0.1, -0.05) is 41.4 Å². The summed E-state index contributed by atoms with van der Waals surface area (Å²) in [6, 6.07) is 13.3. The van der Waals surface area contributed by atoms with Crippen LogP contribution in [0.15, 0.2) is 48.5 Å². The Balaban J connectivity index is 1.73. The molecule has 0 spiro atoms. The van der Waals surface area contributed by atoms with Crippen molar-refractivity contribution in [1.82, 2.24) is 10.2 Å². The summed E-state index contributed by atoms with van der Waals surface area (Å²) >= 11 is 5.80. The van der Waals surface area contributed by atoms with Crippen LogP contribution in [0.4, 0.5) is 10.5 Å². The first-order valence-electron chi connectivity index (χ1n) is 8.06. The van der Waals surface area contributed by atoms with E-state index in [1.807, 2.05) is 19.1 Å². The first-order chi connectivity index (χ1) is 12.3. The Kier molecular flexibility index (Phi) is 4.70. The van der Waals surface area contributed by atoms with Crippen molar-refractivity contribution in [1.29, 1.82) is 0 Å². The highest BCUT2D eigenvalue weighted by Gasteiger charge is 2.49. The number of benzene rings is 2. The zero-order valence-electron chi connectivity index (χ0n) is 14.4. The molecule has 1 aliphatic rings. The molecule has 1 saturated heterocycles. The van der Waals surface area contributed by atoms with Crippen molar-refractivity contribution in [2.24, 2.45) is 0 Å². The Morgan fingerprint density at radius 2 is 1.73 bits per heavy atom. The molecule has 0 saturated carbocycles. The van der Waals surface area contributed by atoms with E-state index in [2.05, 4.69) is 10.6 Å². The lowest BCUT2D eigenvalue weighted by Gasteiger charge is -2.22. The van der Waals surface area contributed by atoms with E-state index in [9.17, 15) is 14.4 Å². The summed E-state index contributed by atoms with van der Waals surface area (Å²) < 4.78 is 0. The number of nitrogens with one attached hydrogen (secondary N) is 2. The lowest BCUT2D eigenvalue weighted by atomic mass is 9.91. The summed E-state index contributed by atoms with van der Waals surface area (Å²) in [7, 11) is 0. The van der Waals surface area contributed by atoms with Crippen LogP contribution in [0.3, 0.4) is 0 Å². The zero-order valence-corrected chi connectivity index (χ0v) is 15.1. The van der Waals surface area contributed by atoms with E-state index >= 15 is 0 Å².